The lowest BCUT2D eigenvalue weighted by Gasteiger charge is -2.26. The van der Waals surface area contributed by atoms with Crippen LogP contribution in [0.2, 0.25) is 0 Å². The molecule has 1 aromatic heterocycles. The lowest BCUT2D eigenvalue weighted by molar-refractivity contribution is -0.384. The average Bonchev–Trinajstić information content (AvgIpc) is 3.36. The quantitative estimate of drug-likeness (QED) is 0.114. The number of nitrogens with zero attached hydrogens (tertiary/aromatic N) is 3. The van der Waals surface area contributed by atoms with Gasteiger partial charge in [0, 0.05) is 52.8 Å². The van der Waals surface area contributed by atoms with Crippen LogP contribution in [0.4, 0.5) is 16.4 Å². The summed E-state index contributed by atoms with van der Waals surface area (Å²) < 4.78 is 0. The lowest BCUT2D eigenvalue weighted by Crippen LogP contribution is -2.29. The number of benzene rings is 3. The highest BCUT2D eigenvalue weighted by atomic mass is 32.2. The number of anilines is 2. The third-order valence-corrected chi connectivity index (χ3v) is 9.58. The van der Waals surface area contributed by atoms with E-state index in [1.165, 1.54) is 52.9 Å². The maximum atomic E-state index is 13.4. The summed E-state index contributed by atoms with van der Waals surface area (Å²) in [7, 11) is 0. The summed E-state index contributed by atoms with van der Waals surface area (Å²) in [5, 5.41) is 27.0. The summed E-state index contributed by atoms with van der Waals surface area (Å²) in [6.45, 7) is 4.35. The van der Waals surface area contributed by atoms with Gasteiger partial charge in [0.05, 0.1) is 15.7 Å². The molecule has 1 aliphatic rings. The Hall–Kier alpha value is -4.50. The molecule has 0 fully saturated rings. The molecule has 1 unspecified atom stereocenters. The van der Waals surface area contributed by atoms with E-state index in [1.54, 1.807) is 18.2 Å². The molecular formula is C32H29N5O4S2. The first-order chi connectivity index (χ1) is 20.8. The Morgan fingerprint density at radius 1 is 1.09 bits per heavy atom. The van der Waals surface area contributed by atoms with Gasteiger partial charge in [-0.25, -0.2) is 0 Å². The van der Waals surface area contributed by atoms with Gasteiger partial charge in [0.25, 0.3) is 11.6 Å². The molecule has 2 amide bonds. The fourth-order valence-electron chi connectivity index (χ4n) is 4.93. The molecule has 0 saturated carbocycles. The number of carbonyl (C=O) groups is 2. The minimum absolute atomic E-state index is 0.163. The van der Waals surface area contributed by atoms with E-state index in [4.69, 9.17) is 0 Å². The molecule has 11 heteroatoms. The molecule has 5 rings (SSSR count). The molecule has 0 radical (unpaired) electrons. The minimum Gasteiger partial charge on any atom is -0.322 e. The number of nitriles is 1. The van der Waals surface area contributed by atoms with E-state index in [0.29, 0.717) is 22.7 Å². The second-order valence-electron chi connectivity index (χ2n) is 10.1. The molecule has 0 spiro atoms. The van der Waals surface area contributed by atoms with Crippen molar-refractivity contribution in [1.82, 2.24) is 4.90 Å². The highest BCUT2D eigenvalue weighted by Gasteiger charge is 2.27. The predicted octanol–water partition coefficient (Wildman–Crippen LogP) is 6.85. The second-order valence-corrected chi connectivity index (χ2v) is 12.4. The summed E-state index contributed by atoms with van der Waals surface area (Å²) in [5.41, 5.74) is 3.34. The smallest absolute Gasteiger partial charge is 0.270 e. The van der Waals surface area contributed by atoms with Crippen LogP contribution in [-0.4, -0.2) is 33.4 Å². The van der Waals surface area contributed by atoms with Crippen LogP contribution >= 0.6 is 23.1 Å². The molecule has 43 heavy (non-hydrogen) atoms. The van der Waals surface area contributed by atoms with Gasteiger partial charge >= 0.3 is 0 Å². The van der Waals surface area contributed by atoms with Gasteiger partial charge in [-0.2, -0.15) is 5.26 Å². The first-order valence-electron chi connectivity index (χ1n) is 13.8. The van der Waals surface area contributed by atoms with Gasteiger partial charge in [-0.15, -0.1) is 23.1 Å². The lowest BCUT2D eigenvalue weighted by atomic mass is 10.0. The molecule has 4 aromatic rings. The predicted molar refractivity (Wildman–Crippen MR) is 169 cm³/mol. The Morgan fingerprint density at radius 2 is 1.88 bits per heavy atom. The van der Waals surface area contributed by atoms with Gasteiger partial charge in [0.1, 0.15) is 11.1 Å². The Morgan fingerprint density at radius 3 is 2.63 bits per heavy atom. The van der Waals surface area contributed by atoms with Crippen molar-refractivity contribution < 1.29 is 14.5 Å². The van der Waals surface area contributed by atoms with E-state index in [2.05, 4.69) is 33.7 Å². The van der Waals surface area contributed by atoms with Crippen molar-refractivity contribution in [2.24, 2.45) is 0 Å². The number of nitrogens with one attached hydrogen (secondary N) is 2. The number of thiophene rings is 1. The molecule has 218 valence electrons. The van der Waals surface area contributed by atoms with Gasteiger partial charge in [0.15, 0.2) is 0 Å². The van der Waals surface area contributed by atoms with E-state index in [1.807, 2.05) is 31.2 Å². The summed E-state index contributed by atoms with van der Waals surface area (Å²) in [5.74, 6) is -0.654. The molecule has 1 aliphatic heterocycles. The number of hydrogen-bond acceptors (Lipinski definition) is 8. The third-order valence-electron chi connectivity index (χ3n) is 7.09. The van der Waals surface area contributed by atoms with Gasteiger partial charge in [0.2, 0.25) is 5.91 Å². The van der Waals surface area contributed by atoms with Crippen molar-refractivity contribution in [2.45, 2.75) is 43.0 Å². The largest absolute Gasteiger partial charge is 0.322 e. The topological polar surface area (TPSA) is 128 Å². The average molecular weight is 612 g/mol. The fraction of sp³-hybridized carbons (Fsp3) is 0.219. The van der Waals surface area contributed by atoms with Gasteiger partial charge in [-0.05, 0) is 48.2 Å². The number of carbonyl (C=O) groups excluding carboxylic acids is 2. The van der Waals surface area contributed by atoms with Crippen molar-refractivity contribution in [3.63, 3.8) is 0 Å². The van der Waals surface area contributed by atoms with Crippen molar-refractivity contribution >= 4 is 51.3 Å². The molecule has 3 aromatic carbocycles. The zero-order valence-electron chi connectivity index (χ0n) is 23.4. The Labute approximate surface area is 257 Å². The fourth-order valence-corrected chi connectivity index (χ4v) is 7.19. The normalized spacial score (nSPS) is 13.4. The van der Waals surface area contributed by atoms with Crippen molar-refractivity contribution in [1.29, 1.82) is 5.26 Å². The van der Waals surface area contributed by atoms with Crippen LogP contribution in [0.1, 0.15) is 45.3 Å². The van der Waals surface area contributed by atoms with Crippen molar-refractivity contribution in [3.8, 4) is 6.07 Å². The van der Waals surface area contributed by atoms with E-state index < -0.39 is 16.1 Å². The minimum atomic E-state index is -0.546. The van der Waals surface area contributed by atoms with E-state index in [0.717, 1.165) is 41.4 Å². The summed E-state index contributed by atoms with van der Waals surface area (Å²) >= 11 is 2.85. The van der Waals surface area contributed by atoms with E-state index >= 15 is 0 Å². The first-order valence-corrected chi connectivity index (χ1v) is 15.5. The van der Waals surface area contributed by atoms with Gasteiger partial charge in [-0.3, -0.25) is 24.6 Å². The van der Waals surface area contributed by atoms with Crippen molar-refractivity contribution in [3.05, 3.63) is 116 Å². The number of thioether (sulfide) groups is 1. The maximum absolute atomic E-state index is 13.4. The maximum Gasteiger partial charge on any atom is 0.270 e. The number of nitro groups is 1. The highest BCUT2D eigenvalue weighted by molar-refractivity contribution is 8.00. The van der Waals surface area contributed by atoms with Crippen LogP contribution in [0.15, 0.2) is 83.8 Å². The molecule has 0 aliphatic carbocycles. The third kappa shape index (κ3) is 7.29. The zero-order valence-corrected chi connectivity index (χ0v) is 25.0. The number of fused-ring (bicyclic) bond motifs is 1. The Kier molecular flexibility index (Phi) is 9.51. The monoisotopic (exact) mass is 611 g/mol. The van der Waals surface area contributed by atoms with E-state index in [-0.39, 0.29) is 17.2 Å². The molecule has 0 bridgehead atoms. The van der Waals surface area contributed by atoms with E-state index in [9.17, 15) is 25.0 Å². The van der Waals surface area contributed by atoms with Crippen LogP contribution in [-0.2, 0) is 24.3 Å². The van der Waals surface area contributed by atoms with Crippen LogP contribution in [0.3, 0.4) is 0 Å². The number of nitro benzene ring substituents is 1. The van der Waals surface area contributed by atoms with Crippen molar-refractivity contribution in [2.75, 3.05) is 17.2 Å². The molecule has 2 N–H and O–H groups in total. The van der Waals surface area contributed by atoms with Crippen LogP contribution in [0, 0.1) is 21.4 Å². The molecule has 0 saturated heterocycles. The van der Waals surface area contributed by atoms with Gasteiger partial charge in [-0.1, -0.05) is 49.4 Å². The molecule has 2 heterocycles. The summed E-state index contributed by atoms with van der Waals surface area (Å²) in [4.78, 5) is 40.9. The highest BCUT2D eigenvalue weighted by Crippen LogP contribution is 2.38. The number of amides is 2. The van der Waals surface area contributed by atoms with Crippen LogP contribution in [0.25, 0.3) is 0 Å². The second kappa shape index (κ2) is 13.6. The van der Waals surface area contributed by atoms with Gasteiger partial charge < -0.3 is 10.6 Å². The Balaban J connectivity index is 1.24. The summed E-state index contributed by atoms with van der Waals surface area (Å²) in [6.07, 6.45) is 1.32. The number of rotatable bonds is 10. The first kappa shape index (κ1) is 30.0. The molecule has 1 atom stereocenters. The Bertz CT molecular complexity index is 1700. The standard InChI is InChI=1S/C32H29N5O4S2/c1-2-28(42-25-13-7-11-23(17-25)34-30(38)22-10-6-12-24(16-22)37(40)41)31(39)35-32-27(18-33)26-14-15-36(20-29(26)43-32)19-21-8-4-3-5-9-21/h3-13,16-17,28H,2,14-15,19-20H2,1H3,(H,34,38)(H,35,39). The number of hydrogen-bond donors (Lipinski definition) is 2. The SMILES string of the molecule is CCC(Sc1cccc(NC(=O)c2cccc([N+](=O)[O-])c2)c1)C(=O)Nc1sc2c(c1C#N)CCN(Cc1ccccc1)C2. The van der Waals surface area contributed by atoms with Crippen LogP contribution < -0.4 is 10.6 Å². The van der Waals surface area contributed by atoms with Crippen LogP contribution in [0.5, 0.6) is 0 Å². The summed E-state index contributed by atoms with van der Waals surface area (Å²) in [6, 6.07) is 25.3. The molecular weight excluding hydrogens is 583 g/mol. The number of non-ortho nitro benzene ring substituents is 1. The zero-order chi connectivity index (χ0) is 30.3. The molecule has 9 nitrogen and oxygen atoms in total.